The lowest BCUT2D eigenvalue weighted by molar-refractivity contribution is -0.137. The normalized spacial score (nSPS) is 12.2. The van der Waals surface area contributed by atoms with Crippen molar-refractivity contribution < 1.29 is 27.1 Å². The molecule has 1 N–H and O–H groups in total. The number of likely N-dealkylation sites (N-methyl/N-ethyl adjacent to an activating group) is 1. The van der Waals surface area contributed by atoms with Gasteiger partial charge < -0.3 is 9.64 Å². The Hall–Kier alpha value is -2.94. The molecule has 0 spiro atoms. The maximum Gasteiger partial charge on any atom is 0.339 e. The number of anilines is 1. The first-order chi connectivity index (χ1) is 13.0. The van der Waals surface area contributed by atoms with E-state index in [1.165, 1.54) is 56.3 Å². The second kappa shape index (κ2) is 8.39. The van der Waals surface area contributed by atoms with Crippen LogP contribution in [0.3, 0.4) is 0 Å². The van der Waals surface area contributed by atoms with Crippen LogP contribution >= 0.6 is 0 Å². The maximum absolute atomic E-state index is 13.8. The summed E-state index contributed by atoms with van der Waals surface area (Å²) in [6, 6.07) is 9.19. The van der Waals surface area contributed by atoms with Gasteiger partial charge in [0.05, 0.1) is 16.1 Å². The van der Waals surface area contributed by atoms with Crippen molar-refractivity contribution in [2.45, 2.75) is 24.8 Å². The highest BCUT2D eigenvalue weighted by molar-refractivity contribution is 7.92. The van der Waals surface area contributed by atoms with Crippen LogP contribution in [0.4, 0.5) is 10.1 Å². The van der Waals surface area contributed by atoms with E-state index in [0.717, 1.165) is 12.1 Å². The molecule has 0 saturated carbocycles. The fourth-order valence-electron chi connectivity index (χ4n) is 2.37. The monoisotopic (exact) mass is 408 g/mol. The Morgan fingerprint density at radius 3 is 2.39 bits per heavy atom. The van der Waals surface area contributed by atoms with Gasteiger partial charge in [-0.3, -0.25) is 9.52 Å². The lowest BCUT2D eigenvalue weighted by Crippen LogP contribution is -2.35. The summed E-state index contributed by atoms with van der Waals surface area (Å²) in [6.45, 7) is 3.03. The van der Waals surface area contributed by atoms with Gasteiger partial charge in [-0.2, -0.15) is 0 Å². The van der Waals surface area contributed by atoms with Crippen molar-refractivity contribution in [2.75, 3.05) is 18.8 Å². The number of rotatable bonds is 6. The van der Waals surface area contributed by atoms with Crippen LogP contribution in [0.5, 0.6) is 0 Å². The molecule has 1 amide bonds. The van der Waals surface area contributed by atoms with Gasteiger partial charge in [0.2, 0.25) is 0 Å². The van der Waals surface area contributed by atoms with Gasteiger partial charge in [-0.15, -0.1) is 0 Å². The van der Waals surface area contributed by atoms with E-state index in [0.29, 0.717) is 5.56 Å². The predicted octanol–water partition coefficient (Wildman–Crippen LogP) is 2.57. The molecule has 1 atom stereocenters. The largest absolute Gasteiger partial charge is 0.449 e. The van der Waals surface area contributed by atoms with Gasteiger partial charge in [0.15, 0.2) is 6.10 Å². The molecule has 2 rings (SSSR count). The number of hydrogen-bond donors (Lipinski definition) is 1. The van der Waals surface area contributed by atoms with E-state index in [9.17, 15) is 22.4 Å². The van der Waals surface area contributed by atoms with Gasteiger partial charge in [-0.25, -0.2) is 17.6 Å². The third-order valence-electron chi connectivity index (χ3n) is 3.93. The number of benzene rings is 2. The van der Waals surface area contributed by atoms with Crippen LogP contribution < -0.4 is 4.72 Å². The zero-order chi connectivity index (χ0) is 21.1. The number of esters is 1. The Balaban J connectivity index is 2.30. The summed E-state index contributed by atoms with van der Waals surface area (Å²) < 4.78 is 46.2. The number of halogens is 1. The Kier molecular flexibility index (Phi) is 6.40. The summed E-state index contributed by atoms with van der Waals surface area (Å²) in [5.74, 6) is -1.96. The van der Waals surface area contributed by atoms with Gasteiger partial charge in [-0.05, 0) is 43.7 Å². The van der Waals surface area contributed by atoms with E-state index in [1.54, 1.807) is 6.92 Å². The molecule has 0 saturated heterocycles. The van der Waals surface area contributed by atoms with Crippen LogP contribution in [0.1, 0.15) is 22.8 Å². The summed E-state index contributed by atoms with van der Waals surface area (Å²) in [5.41, 5.74) is 0.256. The third-order valence-corrected chi connectivity index (χ3v) is 5.29. The fourth-order valence-corrected chi connectivity index (χ4v) is 3.47. The third kappa shape index (κ3) is 4.86. The fraction of sp³-hybridized carbons (Fsp3) is 0.263. The van der Waals surface area contributed by atoms with Gasteiger partial charge in [-0.1, -0.05) is 18.2 Å². The standard InChI is InChI=1S/C19H21FN2O5S/c1-12-9-10-14(28(25,26)21-17-8-6-5-7-16(17)20)11-15(12)19(24)27-13(2)18(23)22(3)4/h5-11,13,21H,1-4H3/t13-/m0/s1. The molecule has 0 aliphatic carbocycles. The molecular weight excluding hydrogens is 387 g/mol. The number of aryl methyl sites for hydroxylation is 1. The molecule has 2 aromatic carbocycles. The van der Waals surface area contributed by atoms with E-state index in [4.69, 9.17) is 4.74 Å². The Bertz CT molecular complexity index is 1010. The molecule has 150 valence electrons. The summed E-state index contributed by atoms with van der Waals surface area (Å²) in [4.78, 5) is 25.3. The van der Waals surface area contributed by atoms with Crippen molar-refractivity contribution >= 4 is 27.6 Å². The molecule has 9 heteroatoms. The molecule has 0 aromatic heterocycles. The molecular formula is C19H21FN2O5S. The molecule has 28 heavy (non-hydrogen) atoms. The molecule has 7 nitrogen and oxygen atoms in total. The topological polar surface area (TPSA) is 92.8 Å². The molecule has 0 radical (unpaired) electrons. The molecule has 0 fully saturated rings. The van der Waals surface area contributed by atoms with Gasteiger partial charge in [0.25, 0.3) is 15.9 Å². The first-order valence-corrected chi connectivity index (χ1v) is 9.81. The highest BCUT2D eigenvalue weighted by atomic mass is 32.2. The summed E-state index contributed by atoms with van der Waals surface area (Å²) in [6.07, 6.45) is -1.03. The minimum absolute atomic E-state index is 0.00480. The number of ether oxygens (including phenoxy) is 1. The minimum atomic E-state index is -4.14. The van der Waals surface area contributed by atoms with E-state index >= 15 is 0 Å². The van der Waals surface area contributed by atoms with Crippen LogP contribution in [0.25, 0.3) is 0 Å². The zero-order valence-corrected chi connectivity index (χ0v) is 16.7. The van der Waals surface area contributed by atoms with Crippen LogP contribution in [0, 0.1) is 12.7 Å². The Labute approximate surface area is 163 Å². The maximum atomic E-state index is 13.8. The van der Waals surface area contributed by atoms with Crippen molar-refractivity contribution in [1.29, 1.82) is 0 Å². The van der Waals surface area contributed by atoms with E-state index < -0.39 is 33.8 Å². The van der Waals surface area contributed by atoms with Gasteiger partial charge in [0.1, 0.15) is 5.82 Å². The number of hydrogen-bond acceptors (Lipinski definition) is 5. The smallest absolute Gasteiger partial charge is 0.339 e. The van der Waals surface area contributed by atoms with Crippen LogP contribution in [0.15, 0.2) is 47.4 Å². The van der Waals surface area contributed by atoms with Crippen molar-refractivity contribution in [3.8, 4) is 0 Å². The molecule has 0 bridgehead atoms. The highest BCUT2D eigenvalue weighted by Gasteiger charge is 2.24. The van der Waals surface area contributed by atoms with E-state index in [1.807, 2.05) is 0 Å². The lowest BCUT2D eigenvalue weighted by Gasteiger charge is -2.18. The molecule has 0 heterocycles. The first kappa shape index (κ1) is 21.4. The first-order valence-electron chi connectivity index (χ1n) is 8.33. The van der Waals surface area contributed by atoms with Gasteiger partial charge in [0, 0.05) is 14.1 Å². The second-order valence-corrected chi connectivity index (χ2v) is 8.02. The van der Waals surface area contributed by atoms with E-state index in [2.05, 4.69) is 4.72 Å². The minimum Gasteiger partial charge on any atom is -0.449 e. The Morgan fingerprint density at radius 2 is 1.79 bits per heavy atom. The number of carbonyl (C=O) groups excluding carboxylic acids is 2. The van der Waals surface area contributed by atoms with E-state index in [-0.39, 0.29) is 16.1 Å². The number of para-hydroxylation sites is 1. The quantitative estimate of drug-likeness (QED) is 0.742. The van der Waals surface area contributed by atoms with Crippen LogP contribution in [0.2, 0.25) is 0 Å². The number of carbonyl (C=O) groups is 2. The molecule has 0 aliphatic heterocycles. The Morgan fingerprint density at radius 1 is 1.14 bits per heavy atom. The SMILES string of the molecule is Cc1ccc(S(=O)(=O)Nc2ccccc2F)cc1C(=O)O[C@@H](C)C(=O)N(C)C. The number of amides is 1. The average Bonchev–Trinajstić information content (AvgIpc) is 2.62. The van der Waals surface area contributed by atoms with Crippen molar-refractivity contribution in [3.63, 3.8) is 0 Å². The molecule has 0 aliphatic rings. The van der Waals surface area contributed by atoms with Crippen LogP contribution in [-0.2, 0) is 19.6 Å². The van der Waals surface area contributed by atoms with Crippen molar-refractivity contribution in [3.05, 3.63) is 59.4 Å². The lowest BCUT2D eigenvalue weighted by atomic mass is 10.1. The second-order valence-electron chi connectivity index (χ2n) is 6.34. The van der Waals surface area contributed by atoms with Crippen molar-refractivity contribution in [1.82, 2.24) is 4.90 Å². The summed E-state index contributed by atoms with van der Waals surface area (Å²) in [5, 5.41) is 0. The zero-order valence-electron chi connectivity index (χ0n) is 15.9. The number of nitrogens with one attached hydrogen (secondary N) is 1. The summed E-state index contributed by atoms with van der Waals surface area (Å²) >= 11 is 0. The number of sulfonamides is 1. The molecule has 0 unspecified atom stereocenters. The predicted molar refractivity (Wildman–Crippen MR) is 102 cm³/mol. The molecule has 2 aromatic rings. The van der Waals surface area contributed by atoms with Crippen LogP contribution in [-0.4, -0.2) is 45.4 Å². The highest BCUT2D eigenvalue weighted by Crippen LogP contribution is 2.22. The van der Waals surface area contributed by atoms with Gasteiger partial charge >= 0.3 is 5.97 Å². The number of nitrogens with zero attached hydrogens (tertiary/aromatic N) is 1. The average molecular weight is 408 g/mol. The summed E-state index contributed by atoms with van der Waals surface area (Å²) in [7, 11) is -1.09. The van der Waals surface area contributed by atoms with Crippen molar-refractivity contribution in [2.24, 2.45) is 0 Å².